The topological polar surface area (TPSA) is 39.1 Å². The number of hydrogen-bond donors (Lipinski definition) is 0. The quantitative estimate of drug-likeness (QED) is 0.533. The van der Waals surface area contributed by atoms with Crippen molar-refractivity contribution in [2.75, 3.05) is 45.8 Å². The first-order chi connectivity index (χ1) is 14.5. The molecule has 5 nitrogen and oxygen atoms in total. The molecular weight excluding hydrogens is 379 g/mol. The standard InChI is InChI=1S/C24H31FN4O/c1-4-27-14-16-29(17-15-27)23(26-22-9-7-8-21(25)18-22)19-10-12-20(13-11-19)24(30)28(5-2)6-3/h7-13,18H,4-6,14-17H2,1-3H3/b26-23+. The van der Waals surface area contributed by atoms with E-state index in [0.717, 1.165) is 44.1 Å². The number of nitrogens with zero attached hydrogens (tertiary/aromatic N) is 4. The molecule has 3 rings (SSSR count). The number of benzene rings is 2. The summed E-state index contributed by atoms with van der Waals surface area (Å²) in [7, 11) is 0. The van der Waals surface area contributed by atoms with Crippen molar-refractivity contribution in [3.63, 3.8) is 0 Å². The van der Waals surface area contributed by atoms with E-state index in [1.807, 2.05) is 44.2 Å². The molecule has 0 spiro atoms. The van der Waals surface area contributed by atoms with E-state index in [1.54, 1.807) is 11.0 Å². The molecule has 2 aromatic carbocycles. The molecule has 6 heteroatoms. The van der Waals surface area contributed by atoms with Crippen molar-refractivity contribution in [3.8, 4) is 0 Å². The summed E-state index contributed by atoms with van der Waals surface area (Å²) in [6, 6.07) is 14.0. The van der Waals surface area contributed by atoms with Crippen LogP contribution in [-0.2, 0) is 0 Å². The molecule has 1 heterocycles. The lowest BCUT2D eigenvalue weighted by molar-refractivity contribution is 0.0773. The molecule has 0 radical (unpaired) electrons. The summed E-state index contributed by atoms with van der Waals surface area (Å²) < 4.78 is 13.7. The molecule has 1 amide bonds. The second kappa shape index (κ2) is 10.3. The molecule has 0 atom stereocenters. The number of likely N-dealkylation sites (N-methyl/N-ethyl adjacent to an activating group) is 1. The van der Waals surface area contributed by atoms with Crippen molar-refractivity contribution in [1.82, 2.24) is 14.7 Å². The maximum absolute atomic E-state index is 13.7. The van der Waals surface area contributed by atoms with Crippen LogP contribution in [0.4, 0.5) is 10.1 Å². The van der Waals surface area contributed by atoms with Gasteiger partial charge in [-0.3, -0.25) is 4.79 Å². The summed E-state index contributed by atoms with van der Waals surface area (Å²) in [6.07, 6.45) is 0. The van der Waals surface area contributed by atoms with Crippen LogP contribution in [0.2, 0.25) is 0 Å². The minimum Gasteiger partial charge on any atom is -0.354 e. The van der Waals surface area contributed by atoms with Gasteiger partial charge in [0.25, 0.3) is 5.91 Å². The van der Waals surface area contributed by atoms with Gasteiger partial charge < -0.3 is 14.7 Å². The zero-order valence-corrected chi connectivity index (χ0v) is 18.1. The second-order valence-electron chi connectivity index (χ2n) is 7.39. The number of piperazine rings is 1. The predicted molar refractivity (Wildman–Crippen MR) is 120 cm³/mol. The van der Waals surface area contributed by atoms with Gasteiger partial charge >= 0.3 is 0 Å². The van der Waals surface area contributed by atoms with Crippen LogP contribution in [-0.4, -0.2) is 72.3 Å². The van der Waals surface area contributed by atoms with Crippen molar-refractivity contribution in [1.29, 1.82) is 0 Å². The zero-order chi connectivity index (χ0) is 21.5. The van der Waals surface area contributed by atoms with E-state index in [0.29, 0.717) is 24.3 Å². The summed E-state index contributed by atoms with van der Waals surface area (Å²) in [5.74, 6) is 0.552. The van der Waals surface area contributed by atoms with E-state index in [-0.39, 0.29) is 11.7 Å². The van der Waals surface area contributed by atoms with Crippen LogP contribution in [0.3, 0.4) is 0 Å². The maximum atomic E-state index is 13.7. The monoisotopic (exact) mass is 410 g/mol. The van der Waals surface area contributed by atoms with Crippen molar-refractivity contribution >= 4 is 17.4 Å². The van der Waals surface area contributed by atoms with Crippen LogP contribution in [0.15, 0.2) is 53.5 Å². The fourth-order valence-electron chi connectivity index (χ4n) is 3.72. The highest BCUT2D eigenvalue weighted by molar-refractivity contribution is 6.01. The average Bonchev–Trinajstić information content (AvgIpc) is 2.78. The number of carbonyl (C=O) groups excluding carboxylic acids is 1. The van der Waals surface area contributed by atoms with Crippen molar-refractivity contribution < 1.29 is 9.18 Å². The number of amidine groups is 1. The van der Waals surface area contributed by atoms with Gasteiger partial charge in [0.1, 0.15) is 11.7 Å². The smallest absolute Gasteiger partial charge is 0.253 e. The summed E-state index contributed by atoms with van der Waals surface area (Å²) >= 11 is 0. The van der Waals surface area contributed by atoms with Crippen molar-refractivity contribution in [2.24, 2.45) is 4.99 Å². The van der Waals surface area contributed by atoms with Gasteiger partial charge in [-0.15, -0.1) is 0 Å². The minimum absolute atomic E-state index is 0.0340. The van der Waals surface area contributed by atoms with Crippen LogP contribution in [0.1, 0.15) is 36.7 Å². The van der Waals surface area contributed by atoms with Gasteiger partial charge in [0.2, 0.25) is 0 Å². The lowest BCUT2D eigenvalue weighted by atomic mass is 10.1. The molecule has 2 aromatic rings. The molecule has 0 saturated carbocycles. The molecule has 1 aliphatic rings. The molecule has 30 heavy (non-hydrogen) atoms. The minimum atomic E-state index is -0.299. The lowest BCUT2D eigenvalue weighted by Crippen LogP contribution is -2.48. The van der Waals surface area contributed by atoms with Crippen molar-refractivity contribution in [3.05, 3.63) is 65.5 Å². The SMILES string of the molecule is CCN1CCN(/C(=N/c2cccc(F)c2)c2ccc(C(=O)N(CC)CC)cc2)CC1. The van der Waals surface area contributed by atoms with Gasteiger partial charge in [0.15, 0.2) is 0 Å². The largest absolute Gasteiger partial charge is 0.354 e. The third-order valence-corrected chi connectivity index (χ3v) is 5.60. The Morgan fingerprint density at radius 1 is 0.967 bits per heavy atom. The van der Waals surface area contributed by atoms with E-state index >= 15 is 0 Å². The Kier molecular flexibility index (Phi) is 7.57. The average molecular weight is 411 g/mol. The van der Waals surface area contributed by atoms with E-state index in [9.17, 15) is 9.18 Å². The Morgan fingerprint density at radius 3 is 2.17 bits per heavy atom. The highest BCUT2D eigenvalue weighted by Gasteiger charge is 2.21. The number of amides is 1. The first kappa shape index (κ1) is 22.0. The Morgan fingerprint density at radius 2 is 1.60 bits per heavy atom. The van der Waals surface area contributed by atoms with Crippen LogP contribution in [0.25, 0.3) is 0 Å². The Bertz CT molecular complexity index is 869. The molecule has 1 saturated heterocycles. The first-order valence-corrected chi connectivity index (χ1v) is 10.8. The van der Waals surface area contributed by atoms with Crippen molar-refractivity contribution in [2.45, 2.75) is 20.8 Å². The van der Waals surface area contributed by atoms with Crippen LogP contribution in [0.5, 0.6) is 0 Å². The summed E-state index contributed by atoms with van der Waals surface area (Å²) in [6.45, 7) is 12.2. The number of halogens is 1. The lowest BCUT2D eigenvalue weighted by Gasteiger charge is -2.36. The summed E-state index contributed by atoms with van der Waals surface area (Å²) in [4.78, 5) is 23.9. The molecule has 1 fully saturated rings. The molecule has 1 aliphatic heterocycles. The van der Waals surface area contributed by atoms with E-state index in [4.69, 9.17) is 4.99 Å². The van der Waals surface area contributed by atoms with Crippen LogP contribution >= 0.6 is 0 Å². The van der Waals surface area contributed by atoms with Gasteiger partial charge in [0.05, 0.1) is 5.69 Å². The zero-order valence-electron chi connectivity index (χ0n) is 18.1. The molecular formula is C24H31FN4O. The first-order valence-electron chi connectivity index (χ1n) is 10.8. The van der Waals surface area contributed by atoms with E-state index in [1.165, 1.54) is 12.1 Å². The molecule has 0 unspecified atom stereocenters. The van der Waals surface area contributed by atoms with E-state index in [2.05, 4.69) is 16.7 Å². The van der Waals surface area contributed by atoms with Crippen LogP contribution in [0, 0.1) is 5.82 Å². The number of hydrogen-bond acceptors (Lipinski definition) is 3. The van der Waals surface area contributed by atoms with Crippen LogP contribution < -0.4 is 0 Å². The van der Waals surface area contributed by atoms with E-state index < -0.39 is 0 Å². The highest BCUT2D eigenvalue weighted by Crippen LogP contribution is 2.19. The second-order valence-corrected chi connectivity index (χ2v) is 7.39. The summed E-state index contributed by atoms with van der Waals surface area (Å²) in [5, 5.41) is 0. The molecule has 160 valence electrons. The Balaban J connectivity index is 1.91. The van der Waals surface area contributed by atoms with Gasteiger partial charge in [-0.05, 0) is 50.7 Å². The molecule has 0 bridgehead atoms. The Hall–Kier alpha value is -2.73. The number of rotatable bonds is 6. The predicted octanol–water partition coefficient (Wildman–Crippen LogP) is 4.02. The van der Waals surface area contributed by atoms with Gasteiger partial charge in [-0.2, -0.15) is 0 Å². The van der Waals surface area contributed by atoms with Gasteiger partial charge in [-0.1, -0.05) is 25.1 Å². The number of aliphatic imine (C=N–C) groups is 1. The highest BCUT2D eigenvalue weighted by atomic mass is 19.1. The molecule has 0 aliphatic carbocycles. The van der Waals surface area contributed by atoms with Gasteiger partial charge in [0, 0.05) is 50.4 Å². The molecule has 0 aromatic heterocycles. The maximum Gasteiger partial charge on any atom is 0.253 e. The fourth-order valence-corrected chi connectivity index (χ4v) is 3.72. The third-order valence-electron chi connectivity index (χ3n) is 5.60. The molecule has 0 N–H and O–H groups in total. The normalized spacial score (nSPS) is 15.3. The number of carbonyl (C=O) groups is 1. The van der Waals surface area contributed by atoms with Gasteiger partial charge in [-0.25, -0.2) is 9.38 Å². The Labute approximate surface area is 178 Å². The fraction of sp³-hybridized carbons (Fsp3) is 0.417. The third kappa shape index (κ3) is 5.25. The summed E-state index contributed by atoms with van der Waals surface area (Å²) in [5.41, 5.74) is 2.19.